The highest BCUT2D eigenvalue weighted by atomic mass is 31.2. The average molecular weight is 641 g/mol. The van der Waals surface area contributed by atoms with Gasteiger partial charge in [0.1, 0.15) is 23.6 Å². The Morgan fingerprint density at radius 1 is 0.804 bits per heavy atom. The zero-order valence-electron chi connectivity index (χ0n) is 24.8. The lowest BCUT2D eigenvalue weighted by Crippen LogP contribution is -2.34. The van der Waals surface area contributed by atoms with Gasteiger partial charge in [0.25, 0.3) is 0 Å². The van der Waals surface area contributed by atoms with Gasteiger partial charge in [0.2, 0.25) is 0 Å². The Morgan fingerprint density at radius 3 is 2.00 bits per heavy atom. The molecule has 236 valence electrons. The number of nitrogens with zero attached hydrogens (tertiary/aromatic N) is 7. The summed E-state index contributed by atoms with van der Waals surface area (Å²) in [4.78, 5) is 12.6. The third-order valence-electron chi connectivity index (χ3n) is 7.19. The van der Waals surface area contributed by atoms with Gasteiger partial charge >= 0.3 is 7.60 Å². The van der Waals surface area contributed by atoms with E-state index in [0.29, 0.717) is 23.4 Å². The van der Waals surface area contributed by atoms with E-state index in [4.69, 9.17) is 19.5 Å². The van der Waals surface area contributed by atoms with Gasteiger partial charge in [-0.1, -0.05) is 96.2 Å². The Kier molecular flexibility index (Phi) is 9.87. The number of nitrogen functional groups attached to an aromatic ring is 1. The Morgan fingerprint density at radius 2 is 1.39 bits per heavy atom. The summed E-state index contributed by atoms with van der Waals surface area (Å²) in [5.41, 5.74) is 10.0. The standard InChI is InChI=1S/C32H33N8O5P/c33-30-29-31(35-22-34-30)39(23-36-29)16-27-17-40(38-37-27)18-28(43-19-24-10-4-1-5-11-24)32(41)46(42,44-20-25-12-6-2-7-13-25)45-21-26-14-8-3-9-15-26/h1-15,17,22-23,28,32,41H,16,18-21H2,(H2,33,34,35)/t28-,32-/m0/s1. The van der Waals surface area contributed by atoms with Crippen LogP contribution < -0.4 is 5.73 Å². The van der Waals surface area contributed by atoms with E-state index in [2.05, 4.69) is 25.3 Å². The zero-order valence-corrected chi connectivity index (χ0v) is 25.7. The van der Waals surface area contributed by atoms with Crippen molar-refractivity contribution in [2.45, 2.75) is 44.9 Å². The molecular weight excluding hydrogens is 607 g/mol. The van der Waals surface area contributed by atoms with E-state index in [-0.39, 0.29) is 32.2 Å². The van der Waals surface area contributed by atoms with Crippen molar-refractivity contribution in [1.29, 1.82) is 0 Å². The monoisotopic (exact) mass is 640 g/mol. The number of hydrogen-bond acceptors (Lipinski definition) is 11. The number of benzene rings is 3. The maximum absolute atomic E-state index is 14.4. The maximum atomic E-state index is 14.4. The number of nitrogens with two attached hydrogens (primary N) is 1. The molecule has 14 heteroatoms. The molecular formula is C32H33N8O5P. The topological polar surface area (TPSA) is 165 Å². The number of aliphatic hydroxyl groups excluding tert-OH is 1. The molecule has 13 nitrogen and oxygen atoms in total. The molecule has 0 aliphatic carbocycles. The molecule has 0 amide bonds. The fraction of sp³-hybridized carbons (Fsp3) is 0.219. The summed E-state index contributed by atoms with van der Waals surface area (Å²) in [6.07, 6.45) is 3.65. The zero-order chi connectivity index (χ0) is 31.8. The van der Waals surface area contributed by atoms with Gasteiger partial charge in [-0.15, -0.1) is 5.10 Å². The second-order valence-electron chi connectivity index (χ2n) is 10.5. The molecule has 3 heterocycles. The Hall–Kier alpha value is -4.78. The van der Waals surface area contributed by atoms with Crippen molar-refractivity contribution < 1.29 is 23.5 Å². The predicted molar refractivity (Wildman–Crippen MR) is 170 cm³/mol. The van der Waals surface area contributed by atoms with Gasteiger partial charge in [-0.3, -0.25) is 4.57 Å². The van der Waals surface area contributed by atoms with Crippen LogP contribution in [0.2, 0.25) is 0 Å². The number of imidazole rings is 1. The summed E-state index contributed by atoms with van der Waals surface area (Å²) in [7, 11) is -4.20. The first kappa shape index (κ1) is 31.2. The van der Waals surface area contributed by atoms with Crippen LogP contribution in [0, 0.1) is 0 Å². The maximum Gasteiger partial charge on any atom is 0.362 e. The summed E-state index contributed by atoms with van der Waals surface area (Å²) in [6, 6.07) is 28.0. The van der Waals surface area contributed by atoms with Gasteiger partial charge in [-0.05, 0) is 16.7 Å². The van der Waals surface area contributed by atoms with Gasteiger partial charge in [0, 0.05) is 0 Å². The summed E-state index contributed by atoms with van der Waals surface area (Å²) >= 11 is 0. The first-order valence-electron chi connectivity index (χ1n) is 14.6. The SMILES string of the molecule is Nc1ncnc2c1ncn2Cc1cn(C[C@H](OCc2ccccc2)[C@@H](O)P(=O)(OCc2ccccc2)OCc2ccccc2)nn1. The van der Waals surface area contributed by atoms with Gasteiger partial charge < -0.3 is 29.2 Å². The van der Waals surface area contributed by atoms with E-state index in [1.807, 2.05) is 91.0 Å². The molecule has 0 unspecified atom stereocenters. The van der Waals surface area contributed by atoms with Gasteiger partial charge in [-0.25, -0.2) is 19.6 Å². The molecule has 2 atom stereocenters. The van der Waals surface area contributed by atoms with E-state index < -0.39 is 19.5 Å². The van der Waals surface area contributed by atoms with E-state index in [9.17, 15) is 9.67 Å². The number of aliphatic hydroxyl groups is 1. The van der Waals surface area contributed by atoms with Crippen LogP contribution in [-0.4, -0.2) is 51.6 Å². The van der Waals surface area contributed by atoms with E-state index >= 15 is 0 Å². The quantitative estimate of drug-likeness (QED) is 0.151. The third kappa shape index (κ3) is 7.71. The number of ether oxygens (including phenoxy) is 1. The molecule has 6 rings (SSSR count). The van der Waals surface area contributed by atoms with Crippen molar-refractivity contribution in [3.63, 3.8) is 0 Å². The highest BCUT2D eigenvalue weighted by Gasteiger charge is 2.42. The first-order chi connectivity index (χ1) is 22.5. The van der Waals surface area contributed by atoms with Crippen molar-refractivity contribution in [2.75, 3.05) is 5.73 Å². The van der Waals surface area contributed by atoms with Gasteiger partial charge in [0.05, 0.1) is 45.4 Å². The van der Waals surface area contributed by atoms with Crippen molar-refractivity contribution >= 4 is 24.6 Å². The lowest BCUT2D eigenvalue weighted by atomic mass is 10.2. The van der Waals surface area contributed by atoms with Crippen molar-refractivity contribution in [2.24, 2.45) is 0 Å². The van der Waals surface area contributed by atoms with Crippen molar-refractivity contribution in [1.82, 2.24) is 34.5 Å². The molecule has 0 radical (unpaired) electrons. The summed E-state index contributed by atoms with van der Waals surface area (Å²) in [6.45, 7) is 0.396. The van der Waals surface area contributed by atoms with Crippen LogP contribution in [0.25, 0.3) is 11.2 Å². The molecule has 46 heavy (non-hydrogen) atoms. The van der Waals surface area contributed by atoms with E-state index in [0.717, 1.165) is 16.7 Å². The predicted octanol–water partition coefficient (Wildman–Crippen LogP) is 4.58. The Balaban J connectivity index is 1.24. The molecule has 0 bridgehead atoms. The van der Waals surface area contributed by atoms with Crippen LogP contribution in [0.1, 0.15) is 22.4 Å². The highest BCUT2D eigenvalue weighted by Crippen LogP contribution is 2.55. The second-order valence-corrected chi connectivity index (χ2v) is 12.7. The van der Waals surface area contributed by atoms with Crippen molar-refractivity contribution in [3.8, 4) is 0 Å². The first-order valence-corrected chi connectivity index (χ1v) is 16.2. The number of fused-ring (bicyclic) bond motifs is 1. The fourth-order valence-corrected chi connectivity index (χ4v) is 6.38. The van der Waals surface area contributed by atoms with Crippen molar-refractivity contribution in [3.05, 3.63) is 132 Å². The fourth-order valence-electron chi connectivity index (χ4n) is 4.76. The summed E-state index contributed by atoms with van der Waals surface area (Å²) < 4.78 is 35.8. The highest BCUT2D eigenvalue weighted by molar-refractivity contribution is 7.54. The Bertz CT molecular complexity index is 1840. The smallest absolute Gasteiger partial charge is 0.362 e. The minimum absolute atomic E-state index is 0.00811. The molecule has 0 saturated carbocycles. The lowest BCUT2D eigenvalue weighted by Gasteiger charge is -2.29. The number of anilines is 1. The van der Waals surface area contributed by atoms with E-state index in [1.54, 1.807) is 17.1 Å². The molecule has 3 aromatic carbocycles. The molecule has 0 aliphatic heterocycles. The van der Waals surface area contributed by atoms with Crippen LogP contribution >= 0.6 is 7.60 Å². The minimum Gasteiger partial charge on any atom is -0.382 e. The molecule has 3 aromatic heterocycles. The van der Waals surface area contributed by atoms with Crippen LogP contribution in [0.4, 0.5) is 5.82 Å². The van der Waals surface area contributed by atoms with Crippen LogP contribution in [-0.2, 0) is 51.3 Å². The molecule has 0 fully saturated rings. The molecule has 0 saturated heterocycles. The lowest BCUT2D eigenvalue weighted by molar-refractivity contribution is -0.0384. The van der Waals surface area contributed by atoms with Crippen LogP contribution in [0.15, 0.2) is 110 Å². The Labute approximate surface area is 265 Å². The van der Waals surface area contributed by atoms with Gasteiger partial charge in [-0.2, -0.15) is 0 Å². The molecule has 0 aliphatic rings. The number of aromatic nitrogens is 7. The summed E-state index contributed by atoms with van der Waals surface area (Å²) in [5.74, 6) is -1.37. The van der Waals surface area contributed by atoms with E-state index in [1.165, 1.54) is 11.0 Å². The summed E-state index contributed by atoms with van der Waals surface area (Å²) in [5, 5.41) is 20.3. The van der Waals surface area contributed by atoms with Crippen LogP contribution in [0.5, 0.6) is 0 Å². The molecule has 3 N–H and O–H groups in total. The van der Waals surface area contributed by atoms with Gasteiger partial charge in [0.15, 0.2) is 17.3 Å². The molecule has 6 aromatic rings. The van der Waals surface area contributed by atoms with Crippen LogP contribution in [0.3, 0.4) is 0 Å². The third-order valence-corrected chi connectivity index (χ3v) is 9.14. The largest absolute Gasteiger partial charge is 0.382 e. The minimum atomic E-state index is -4.20. The number of hydrogen-bond donors (Lipinski definition) is 2. The normalized spacial score (nSPS) is 13.2. The second kappa shape index (κ2) is 14.5. The number of rotatable bonds is 15. The molecule has 0 spiro atoms. The average Bonchev–Trinajstić information content (AvgIpc) is 3.73.